The molecule has 2 aliphatic rings. The van der Waals surface area contributed by atoms with E-state index < -0.39 is 57.9 Å². The lowest BCUT2D eigenvalue weighted by Gasteiger charge is -2.48. The maximum absolute atomic E-state index is 14.3. The van der Waals surface area contributed by atoms with Gasteiger partial charge in [0.1, 0.15) is 18.3 Å². The maximum atomic E-state index is 14.3. The smallest absolute Gasteiger partial charge is 0.306 e. The van der Waals surface area contributed by atoms with Crippen LogP contribution in [-0.2, 0) is 24.3 Å². The van der Waals surface area contributed by atoms with Gasteiger partial charge < -0.3 is 14.7 Å². The van der Waals surface area contributed by atoms with Gasteiger partial charge in [0.05, 0.1) is 41.6 Å². The largest absolute Gasteiger partial charge is 0.481 e. The summed E-state index contributed by atoms with van der Waals surface area (Å²) in [6.07, 6.45) is -1.43. The molecule has 230 valence electrons. The van der Waals surface area contributed by atoms with Crippen LogP contribution < -0.4 is 4.31 Å². The summed E-state index contributed by atoms with van der Waals surface area (Å²) in [6, 6.07) is 20.9. The number of rotatable bonds is 11. The second kappa shape index (κ2) is 13.2. The fraction of sp³-hybridized carbons (Fsp3) is 0.344. The number of carboxylic acids is 1. The molecule has 3 aromatic carbocycles. The molecule has 0 bridgehead atoms. The number of benzene rings is 3. The van der Waals surface area contributed by atoms with Crippen LogP contribution in [0.15, 0.2) is 72.8 Å². The number of nitrogens with zero attached hydrogens (tertiary/aromatic N) is 3. The van der Waals surface area contributed by atoms with E-state index in [0.29, 0.717) is 40.4 Å². The molecule has 0 unspecified atom stereocenters. The summed E-state index contributed by atoms with van der Waals surface area (Å²) in [7, 11) is -3.88. The van der Waals surface area contributed by atoms with Crippen molar-refractivity contribution in [3.05, 3.63) is 99.5 Å². The molecule has 5 rings (SSSR count). The first-order valence-electron chi connectivity index (χ1n) is 14.3. The topological polar surface area (TPSA) is 128 Å². The third-order valence-corrected chi connectivity index (χ3v) is 10.7. The predicted molar refractivity (Wildman–Crippen MR) is 167 cm³/mol. The van der Waals surface area contributed by atoms with Crippen molar-refractivity contribution in [3.8, 4) is 6.07 Å². The molecule has 1 saturated carbocycles. The monoisotopic (exact) mass is 655 g/mol. The van der Waals surface area contributed by atoms with Crippen molar-refractivity contribution in [2.45, 2.75) is 62.1 Å². The van der Waals surface area contributed by atoms with Crippen molar-refractivity contribution in [2.24, 2.45) is 0 Å². The molecular weight excluding hydrogens is 625 g/mol. The summed E-state index contributed by atoms with van der Waals surface area (Å²) in [5, 5.41) is 19.9. The standard InChI is InChI=1S/C32H31Cl2N3O6S/c1-2-25(19-36(44(41,42)26-14-15-26)27-9-4-3-6-22(27)18-35)37-30(20-10-12-23(33)13-11-20)31(21-7-5-8-24(34)16-21)43-28(32(37)40)17-29(38)39/h3-13,16,25-26,28,30-31H,2,14-15,17,19H2,1H3,(H,38,39)/t25-,28-,30+,31+/m0/s1. The molecule has 1 saturated heterocycles. The highest BCUT2D eigenvalue weighted by atomic mass is 35.5. The van der Waals surface area contributed by atoms with Gasteiger partial charge in [-0.3, -0.25) is 13.9 Å². The summed E-state index contributed by atoms with van der Waals surface area (Å²) >= 11 is 12.6. The number of ether oxygens (including phenoxy) is 1. The fourth-order valence-electron chi connectivity index (χ4n) is 5.68. The molecule has 1 aliphatic carbocycles. The third-order valence-electron chi connectivity index (χ3n) is 7.96. The number of amides is 1. The van der Waals surface area contributed by atoms with Crippen molar-refractivity contribution >= 4 is 50.8 Å². The SMILES string of the molecule is CC[C@@H](CN(c1ccccc1C#N)S(=O)(=O)C1CC1)N1C(=O)[C@H](CC(=O)O)O[C@H](c2cccc(Cl)c2)[C@H]1c1ccc(Cl)cc1. The number of anilines is 1. The number of para-hydroxylation sites is 1. The Labute approximate surface area is 266 Å². The van der Waals surface area contributed by atoms with Crippen LogP contribution in [-0.4, -0.2) is 54.2 Å². The van der Waals surface area contributed by atoms with Crippen LogP contribution in [0.2, 0.25) is 10.0 Å². The van der Waals surface area contributed by atoms with E-state index in [-0.39, 0.29) is 17.8 Å². The number of aliphatic carboxylic acids is 1. The molecule has 0 spiro atoms. The first-order chi connectivity index (χ1) is 21.0. The van der Waals surface area contributed by atoms with Crippen LogP contribution in [0.1, 0.15) is 61.4 Å². The van der Waals surface area contributed by atoms with Crippen LogP contribution in [0.25, 0.3) is 0 Å². The van der Waals surface area contributed by atoms with Crippen LogP contribution in [0.5, 0.6) is 0 Å². The van der Waals surface area contributed by atoms with E-state index in [0.717, 1.165) is 0 Å². The number of hydrogen-bond acceptors (Lipinski definition) is 6. The molecule has 0 radical (unpaired) electrons. The van der Waals surface area contributed by atoms with Gasteiger partial charge in [-0.25, -0.2) is 8.42 Å². The molecular formula is C32H31Cl2N3O6S. The van der Waals surface area contributed by atoms with Gasteiger partial charge in [-0.1, -0.05) is 66.5 Å². The second-order valence-electron chi connectivity index (χ2n) is 10.9. The summed E-state index contributed by atoms with van der Waals surface area (Å²) in [5.74, 6) is -1.79. The Kier molecular flexibility index (Phi) is 9.51. The van der Waals surface area contributed by atoms with Gasteiger partial charge in [0, 0.05) is 10.0 Å². The van der Waals surface area contributed by atoms with E-state index in [1.807, 2.05) is 6.92 Å². The Morgan fingerprint density at radius 2 is 1.77 bits per heavy atom. The summed E-state index contributed by atoms with van der Waals surface area (Å²) in [6.45, 7) is 1.69. The van der Waals surface area contributed by atoms with Gasteiger partial charge in [-0.15, -0.1) is 0 Å². The number of carbonyl (C=O) groups excluding carboxylic acids is 1. The van der Waals surface area contributed by atoms with Crippen LogP contribution >= 0.6 is 23.2 Å². The number of sulfonamides is 1. The molecule has 0 aromatic heterocycles. The van der Waals surface area contributed by atoms with Gasteiger partial charge >= 0.3 is 5.97 Å². The van der Waals surface area contributed by atoms with E-state index in [1.165, 1.54) is 4.31 Å². The van der Waals surface area contributed by atoms with Crippen LogP contribution in [0, 0.1) is 11.3 Å². The predicted octanol–water partition coefficient (Wildman–Crippen LogP) is 6.13. The molecule has 44 heavy (non-hydrogen) atoms. The molecule has 12 heteroatoms. The lowest BCUT2D eigenvalue weighted by atomic mass is 9.89. The van der Waals surface area contributed by atoms with Crippen molar-refractivity contribution in [3.63, 3.8) is 0 Å². The average Bonchev–Trinajstić information content (AvgIpc) is 3.86. The lowest BCUT2D eigenvalue weighted by molar-refractivity contribution is -0.183. The highest BCUT2D eigenvalue weighted by Gasteiger charge is 2.49. The van der Waals surface area contributed by atoms with Gasteiger partial charge in [-0.2, -0.15) is 5.26 Å². The number of hydrogen-bond donors (Lipinski definition) is 1. The van der Waals surface area contributed by atoms with Crippen molar-refractivity contribution in [1.29, 1.82) is 5.26 Å². The number of carboxylic acid groups (broad SMARTS) is 1. The molecule has 4 atom stereocenters. The Hall–Kier alpha value is -3.62. The molecule has 3 aromatic rings. The van der Waals surface area contributed by atoms with E-state index in [2.05, 4.69) is 6.07 Å². The molecule has 2 fully saturated rings. The van der Waals surface area contributed by atoms with Gasteiger partial charge in [0.25, 0.3) is 5.91 Å². The Balaban J connectivity index is 1.67. The lowest BCUT2D eigenvalue weighted by Crippen LogP contribution is -2.58. The van der Waals surface area contributed by atoms with Crippen molar-refractivity contribution in [2.75, 3.05) is 10.8 Å². The maximum Gasteiger partial charge on any atom is 0.306 e. The number of halogens is 2. The van der Waals surface area contributed by atoms with Crippen LogP contribution in [0.3, 0.4) is 0 Å². The molecule has 1 aliphatic heterocycles. The van der Waals surface area contributed by atoms with E-state index >= 15 is 0 Å². The average molecular weight is 657 g/mol. The summed E-state index contributed by atoms with van der Waals surface area (Å²) in [4.78, 5) is 27.7. The molecule has 1 N–H and O–H groups in total. The number of nitriles is 1. The Morgan fingerprint density at radius 3 is 2.39 bits per heavy atom. The minimum absolute atomic E-state index is 0.147. The zero-order valence-corrected chi connectivity index (χ0v) is 26.2. The van der Waals surface area contributed by atoms with Gasteiger partial charge in [0.2, 0.25) is 10.0 Å². The quantitative estimate of drug-likeness (QED) is 0.263. The van der Waals surface area contributed by atoms with Crippen molar-refractivity contribution in [1.82, 2.24) is 4.90 Å². The van der Waals surface area contributed by atoms with Gasteiger partial charge in [-0.05, 0) is 66.8 Å². The minimum Gasteiger partial charge on any atom is -0.481 e. The van der Waals surface area contributed by atoms with Crippen molar-refractivity contribution < 1.29 is 27.9 Å². The first-order valence-corrected chi connectivity index (χ1v) is 16.5. The summed E-state index contributed by atoms with van der Waals surface area (Å²) < 4.78 is 35.3. The minimum atomic E-state index is -3.88. The van der Waals surface area contributed by atoms with E-state index in [1.54, 1.807) is 77.7 Å². The molecule has 9 nitrogen and oxygen atoms in total. The van der Waals surface area contributed by atoms with Crippen LogP contribution in [0.4, 0.5) is 5.69 Å². The van der Waals surface area contributed by atoms with E-state index in [9.17, 15) is 28.4 Å². The first kappa shape index (κ1) is 31.8. The highest BCUT2D eigenvalue weighted by Crippen LogP contribution is 2.45. The molecule has 1 amide bonds. The fourth-order valence-corrected chi connectivity index (χ4v) is 7.91. The molecule has 1 heterocycles. The van der Waals surface area contributed by atoms with Gasteiger partial charge in [0.15, 0.2) is 0 Å². The highest BCUT2D eigenvalue weighted by molar-refractivity contribution is 7.93. The Morgan fingerprint density at radius 1 is 1.07 bits per heavy atom. The zero-order valence-electron chi connectivity index (χ0n) is 23.8. The summed E-state index contributed by atoms with van der Waals surface area (Å²) in [5.41, 5.74) is 1.71. The Bertz CT molecular complexity index is 1690. The van der Waals surface area contributed by atoms with E-state index in [4.69, 9.17) is 27.9 Å². The number of morpholine rings is 1. The second-order valence-corrected chi connectivity index (χ2v) is 13.9. The zero-order chi connectivity index (χ0) is 31.6. The number of carbonyl (C=O) groups is 2. The normalized spacial score (nSPS) is 21.0. The third kappa shape index (κ3) is 6.57.